The average Bonchev–Trinajstić information content (AvgIpc) is 1.98. The zero-order valence-electron chi connectivity index (χ0n) is 8.03. The second-order valence-electron chi connectivity index (χ2n) is 2.57. The van der Waals surface area contributed by atoms with Crippen LogP contribution in [0.25, 0.3) is 0 Å². The predicted octanol–water partition coefficient (Wildman–Crippen LogP) is 3.31. The van der Waals surface area contributed by atoms with Crippen LogP contribution >= 0.6 is 21.4 Å². The summed E-state index contributed by atoms with van der Waals surface area (Å²) in [6, 6.07) is 6.55. The lowest BCUT2D eigenvalue weighted by molar-refractivity contribution is -0.0498. The molecule has 0 unspecified atom stereocenters. The Morgan fingerprint density at radius 2 is 1.81 bits per heavy atom. The number of hydrogen-bond donors (Lipinski definition) is 0. The molecule has 3 nitrogen and oxygen atoms in total. The van der Waals surface area contributed by atoms with Crippen LogP contribution in [0.2, 0.25) is 0 Å². The standard InChI is InChI=1S/C8H8F2O.Cl2O2S/c1-6-3-2-4-7(5-6)11-8(9)10;1-5(2,3)4/h2-5,8H,1H3;. The number of benzene rings is 1. The Kier molecular flexibility index (Phi) is 6.62. The highest BCUT2D eigenvalue weighted by Crippen LogP contribution is 2.14. The molecule has 92 valence electrons. The van der Waals surface area contributed by atoms with Gasteiger partial charge in [0.25, 0.3) is 0 Å². The second kappa shape index (κ2) is 6.88. The first-order valence-electron chi connectivity index (χ1n) is 3.84. The van der Waals surface area contributed by atoms with Gasteiger partial charge in [-0.05, 0) is 24.6 Å². The Hall–Kier alpha value is -0.590. The average molecular weight is 293 g/mol. The first-order valence-corrected chi connectivity index (χ1v) is 6.98. The van der Waals surface area contributed by atoms with Crippen molar-refractivity contribution >= 4 is 29.6 Å². The zero-order valence-corrected chi connectivity index (χ0v) is 10.4. The maximum absolute atomic E-state index is 11.6. The minimum absolute atomic E-state index is 0.208. The lowest BCUT2D eigenvalue weighted by atomic mass is 10.2. The van der Waals surface area contributed by atoms with E-state index in [-0.39, 0.29) is 5.75 Å². The number of hydrogen-bond acceptors (Lipinski definition) is 3. The molecule has 0 radical (unpaired) electrons. The van der Waals surface area contributed by atoms with Crippen LogP contribution in [0.15, 0.2) is 24.3 Å². The van der Waals surface area contributed by atoms with Crippen LogP contribution < -0.4 is 4.74 Å². The van der Waals surface area contributed by atoms with Crippen molar-refractivity contribution in [2.45, 2.75) is 13.5 Å². The predicted molar refractivity (Wildman–Crippen MR) is 58.4 cm³/mol. The normalized spacial score (nSPS) is 10.6. The van der Waals surface area contributed by atoms with E-state index in [1.165, 1.54) is 6.07 Å². The Morgan fingerprint density at radius 3 is 2.19 bits per heavy atom. The third-order valence-electron chi connectivity index (χ3n) is 1.21. The zero-order chi connectivity index (χ0) is 12.8. The Balaban J connectivity index is 0.000000385. The van der Waals surface area contributed by atoms with Crippen LogP contribution in [-0.2, 0) is 8.26 Å². The largest absolute Gasteiger partial charge is 0.435 e. The minimum Gasteiger partial charge on any atom is -0.435 e. The molecular formula is C8H8Cl2F2O3S. The summed E-state index contributed by atoms with van der Waals surface area (Å²) in [7, 11) is 4.81. The van der Waals surface area contributed by atoms with Gasteiger partial charge in [-0.1, -0.05) is 12.1 Å². The lowest BCUT2D eigenvalue weighted by Crippen LogP contribution is -2.01. The van der Waals surface area contributed by atoms with Crippen LogP contribution in [0, 0.1) is 6.92 Å². The van der Waals surface area contributed by atoms with Crippen LogP contribution in [0.5, 0.6) is 5.75 Å². The van der Waals surface area contributed by atoms with Gasteiger partial charge in [0.05, 0.1) is 0 Å². The van der Waals surface area contributed by atoms with Crippen LogP contribution in [0.3, 0.4) is 0 Å². The van der Waals surface area contributed by atoms with Gasteiger partial charge in [-0.2, -0.15) is 17.2 Å². The van der Waals surface area contributed by atoms with E-state index in [1.807, 2.05) is 13.0 Å². The fraction of sp³-hybridized carbons (Fsp3) is 0.250. The number of halogens is 4. The third kappa shape index (κ3) is 11.5. The van der Waals surface area contributed by atoms with Gasteiger partial charge in [-0.25, -0.2) is 0 Å². The molecule has 0 saturated heterocycles. The van der Waals surface area contributed by atoms with Crippen LogP contribution in [0.1, 0.15) is 5.56 Å². The van der Waals surface area contributed by atoms with Crippen molar-refractivity contribution in [3.05, 3.63) is 29.8 Å². The molecule has 0 bridgehead atoms. The first-order chi connectivity index (χ1) is 7.18. The molecule has 0 aliphatic rings. The van der Waals surface area contributed by atoms with E-state index in [0.29, 0.717) is 0 Å². The quantitative estimate of drug-likeness (QED) is 0.786. The summed E-state index contributed by atoms with van der Waals surface area (Å²) < 4.78 is 45.7. The Labute approximate surface area is 101 Å². The summed E-state index contributed by atoms with van der Waals surface area (Å²) in [5.41, 5.74) is 0.906. The molecular weight excluding hydrogens is 285 g/mol. The van der Waals surface area contributed by atoms with Crippen LogP contribution in [0.4, 0.5) is 8.78 Å². The number of ether oxygens (including phenoxy) is 1. The van der Waals surface area contributed by atoms with Crippen molar-refractivity contribution in [3.63, 3.8) is 0 Å². The molecule has 1 rings (SSSR count). The van der Waals surface area contributed by atoms with E-state index in [1.54, 1.807) is 12.1 Å². The Morgan fingerprint density at radius 1 is 1.31 bits per heavy atom. The van der Waals surface area contributed by atoms with Crippen molar-refractivity contribution in [1.82, 2.24) is 0 Å². The van der Waals surface area contributed by atoms with E-state index >= 15 is 0 Å². The van der Waals surface area contributed by atoms with Crippen molar-refractivity contribution in [1.29, 1.82) is 0 Å². The summed E-state index contributed by atoms with van der Waals surface area (Å²) in [5.74, 6) is 0.208. The summed E-state index contributed by atoms with van der Waals surface area (Å²) in [4.78, 5) is 0. The Bertz CT molecular complexity index is 415. The van der Waals surface area contributed by atoms with Crippen molar-refractivity contribution in [2.75, 3.05) is 0 Å². The molecule has 0 spiro atoms. The molecule has 0 fully saturated rings. The molecule has 0 aliphatic heterocycles. The third-order valence-corrected chi connectivity index (χ3v) is 1.21. The van der Waals surface area contributed by atoms with Gasteiger partial charge in [0.2, 0.25) is 0 Å². The smallest absolute Gasteiger partial charge is 0.387 e. The topological polar surface area (TPSA) is 43.4 Å². The monoisotopic (exact) mass is 292 g/mol. The second-order valence-corrected chi connectivity index (χ2v) is 6.24. The fourth-order valence-electron chi connectivity index (χ4n) is 0.792. The van der Waals surface area contributed by atoms with E-state index in [9.17, 15) is 8.78 Å². The van der Waals surface area contributed by atoms with Gasteiger partial charge in [0, 0.05) is 21.4 Å². The number of rotatable bonds is 2. The van der Waals surface area contributed by atoms with Crippen molar-refractivity contribution in [3.8, 4) is 5.75 Å². The van der Waals surface area contributed by atoms with Gasteiger partial charge < -0.3 is 4.74 Å². The van der Waals surface area contributed by atoms with Gasteiger partial charge >= 0.3 is 14.9 Å². The molecule has 0 amide bonds. The molecule has 0 aromatic heterocycles. The summed E-state index contributed by atoms with van der Waals surface area (Å²) in [6.07, 6.45) is 0. The van der Waals surface area contributed by atoms with Gasteiger partial charge in [-0.15, -0.1) is 0 Å². The van der Waals surface area contributed by atoms with Gasteiger partial charge in [0.15, 0.2) is 0 Å². The molecule has 8 heteroatoms. The maximum Gasteiger partial charge on any atom is 0.387 e. The molecule has 0 saturated carbocycles. The van der Waals surface area contributed by atoms with Crippen LogP contribution in [-0.4, -0.2) is 15.0 Å². The highest BCUT2D eigenvalue weighted by molar-refractivity contribution is 8.31. The van der Waals surface area contributed by atoms with E-state index in [0.717, 1.165) is 5.56 Å². The first kappa shape index (κ1) is 15.4. The molecule has 16 heavy (non-hydrogen) atoms. The molecule has 0 N–H and O–H groups in total. The molecule has 1 aromatic rings. The van der Waals surface area contributed by atoms with E-state index in [2.05, 4.69) is 26.1 Å². The van der Waals surface area contributed by atoms with Crippen molar-refractivity contribution < 1.29 is 21.9 Å². The highest BCUT2D eigenvalue weighted by Gasteiger charge is 2.02. The minimum atomic E-state index is -3.72. The number of aryl methyl sites for hydroxylation is 1. The highest BCUT2D eigenvalue weighted by atomic mass is 36.0. The van der Waals surface area contributed by atoms with E-state index in [4.69, 9.17) is 8.42 Å². The maximum atomic E-state index is 11.6. The molecule has 0 atom stereocenters. The molecule has 1 aromatic carbocycles. The lowest BCUT2D eigenvalue weighted by Gasteiger charge is -2.03. The molecule has 0 aliphatic carbocycles. The molecule has 0 heterocycles. The van der Waals surface area contributed by atoms with Gasteiger partial charge in [-0.3, -0.25) is 0 Å². The van der Waals surface area contributed by atoms with E-state index < -0.39 is 14.9 Å². The summed E-state index contributed by atoms with van der Waals surface area (Å²) in [5, 5.41) is 0. The summed E-state index contributed by atoms with van der Waals surface area (Å²) >= 11 is 0. The van der Waals surface area contributed by atoms with Crippen molar-refractivity contribution in [2.24, 2.45) is 0 Å². The summed E-state index contributed by atoms with van der Waals surface area (Å²) in [6.45, 7) is -0.921. The fourth-order valence-corrected chi connectivity index (χ4v) is 0.792. The SMILES string of the molecule is Cc1cccc(OC(F)F)c1.O=S(=O)(Cl)Cl. The number of alkyl halides is 2. The van der Waals surface area contributed by atoms with Gasteiger partial charge in [0.1, 0.15) is 5.75 Å².